The third kappa shape index (κ3) is 1.30. The van der Waals surface area contributed by atoms with Crippen LogP contribution in [-0.2, 0) is 11.3 Å². The Morgan fingerprint density at radius 1 is 1.21 bits per heavy atom. The first-order valence-corrected chi connectivity index (χ1v) is 5.46. The normalized spacial score (nSPS) is 20.7. The van der Waals surface area contributed by atoms with Gasteiger partial charge in [0.2, 0.25) is 0 Å². The zero-order valence-corrected chi connectivity index (χ0v) is 8.28. The number of hydrogen-bond acceptors (Lipinski definition) is 2. The van der Waals surface area contributed by atoms with Crippen LogP contribution in [0.15, 0.2) is 24.3 Å². The molecule has 0 bridgehead atoms. The summed E-state index contributed by atoms with van der Waals surface area (Å²) >= 11 is 0. The number of fused-ring (bicyclic) bond motifs is 1. The molecule has 0 spiro atoms. The van der Waals surface area contributed by atoms with E-state index in [2.05, 4.69) is 29.3 Å². The summed E-state index contributed by atoms with van der Waals surface area (Å²) in [6.45, 7) is 1.02. The molecule has 2 heteroatoms. The Morgan fingerprint density at radius 2 is 2.07 bits per heavy atom. The third-order valence-corrected chi connectivity index (χ3v) is 3.17. The standard InChI is InChI=1S/C12H15NO/c1-2-7-12-10(4-1)8-9-13(12)14-11-5-3-6-11/h1-2,4,7,11H,3,5-6,8-9H2. The van der Waals surface area contributed by atoms with Crippen LogP contribution in [0.4, 0.5) is 5.69 Å². The topological polar surface area (TPSA) is 12.5 Å². The maximum atomic E-state index is 5.91. The van der Waals surface area contributed by atoms with Crippen LogP contribution in [0.1, 0.15) is 24.8 Å². The highest BCUT2D eigenvalue weighted by Gasteiger charge is 2.25. The van der Waals surface area contributed by atoms with Gasteiger partial charge in [-0.05, 0) is 37.3 Å². The second-order valence-corrected chi connectivity index (χ2v) is 4.14. The Balaban J connectivity index is 1.76. The lowest BCUT2D eigenvalue weighted by Gasteiger charge is -2.31. The number of para-hydroxylation sites is 1. The Hall–Kier alpha value is -1.02. The molecule has 0 N–H and O–H groups in total. The minimum Gasteiger partial charge on any atom is -0.270 e. The van der Waals surface area contributed by atoms with Crippen LogP contribution in [0.25, 0.3) is 0 Å². The maximum absolute atomic E-state index is 5.91. The van der Waals surface area contributed by atoms with Gasteiger partial charge in [-0.2, -0.15) is 0 Å². The number of rotatable bonds is 2. The smallest absolute Gasteiger partial charge is 0.0856 e. The van der Waals surface area contributed by atoms with Gasteiger partial charge in [0.1, 0.15) is 0 Å². The molecule has 1 aromatic carbocycles. The fourth-order valence-corrected chi connectivity index (χ4v) is 2.07. The Morgan fingerprint density at radius 3 is 2.86 bits per heavy atom. The Labute approximate surface area is 84.4 Å². The van der Waals surface area contributed by atoms with E-state index in [1.54, 1.807) is 0 Å². The molecule has 1 aliphatic heterocycles. The SMILES string of the molecule is c1ccc2c(c1)CCN2OC1CCC1. The molecule has 2 nitrogen and oxygen atoms in total. The van der Waals surface area contributed by atoms with Gasteiger partial charge in [-0.1, -0.05) is 18.2 Å². The molecule has 14 heavy (non-hydrogen) atoms. The van der Waals surface area contributed by atoms with E-state index < -0.39 is 0 Å². The van der Waals surface area contributed by atoms with Crippen molar-refractivity contribution < 1.29 is 4.84 Å². The van der Waals surface area contributed by atoms with Gasteiger partial charge < -0.3 is 0 Å². The molecule has 0 radical (unpaired) electrons. The number of hydrogen-bond donors (Lipinski definition) is 0. The lowest BCUT2D eigenvalue weighted by molar-refractivity contribution is -0.0115. The third-order valence-electron chi connectivity index (χ3n) is 3.17. The van der Waals surface area contributed by atoms with E-state index in [-0.39, 0.29) is 0 Å². The molecular formula is C12H15NO. The summed E-state index contributed by atoms with van der Waals surface area (Å²) in [4.78, 5) is 5.91. The van der Waals surface area contributed by atoms with Crippen molar-refractivity contribution in [3.05, 3.63) is 29.8 Å². The quantitative estimate of drug-likeness (QED) is 0.709. The average molecular weight is 189 g/mol. The van der Waals surface area contributed by atoms with Crippen LogP contribution in [0.2, 0.25) is 0 Å². The van der Waals surface area contributed by atoms with Gasteiger partial charge in [-0.15, -0.1) is 0 Å². The van der Waals surface area contributed by atoms with Crippen molar-refractivity contribution in [3.8, 4) is 0 Å². The fourth-order valence-electron chi connectivity index (χ4n) is 2.07. The van der Waals surface area contributed by atoms with E-state index in [1.807, 2.05) is 0 Å². The monoisotopic (exact) mass is 189 g/mol. The molecule has 0 saturated heterocycles. The zero-order valence-electron chi connectivity index (χ0n) is 8.28. The van der Waals surface area contributed by atoms with Crippen LogP contribution in [0, 0.1) is 0 Å². The lowest BCUT2D eigenvalue weighted by atomic mass is 9.97. The van der Waals surface area contributed by atoms with E-state index in [9.17, 15) is 0 Å². The molecule has 1 heterocycles. The van der Waals surface area contributed by atoms with Gasteiger partial charge in [0.25, 0.3) is 0 Å². The van der Waals surface area contributed by atoms with Gasteiger partial charge in [0, 0.05) is 6.54 Å². The van der Waals surface area contributed by atoms with Crippen molar-refractivity contribution in [3.63, 3.8) is 0 Å². The van der Waals surface area contributed by atoms with Crippen LogP contribution in [0.3, 0.4) is 0 Å². The average Bonchev–Trinajstić information content (AvgIpc) is 2.55. The van der Waals surface area contributed by atoms with Crippen molar-refractivity contribution in [2.45, 2.75) is 31.8 Å². The molecule has 0 atom stereocenters. The van der Waals surface area contributed by atoms with Crippen LogP contribution < -0.4 is 5.06 Å². The van der Waals surface area contributed by atoms with Crippen molar-refractivity contribution in [2.24, 2.45) is 0 Å². The predicted molar refractivity (Wildman–Crippen MR) is 56.2 cm³/mol. The predicted octanol–water partition coefficient (Wildman–Crippen LogP) is 2.53. The maximum Gasteiger partial charge on any atom is 0.0856 e. The summed E-state index contributed by atoms with van der Waals surface area (Å²) in [5, 5.41) is 2.08. The number of benzene rings is 1. The first kappa shape index (κ1) is 8.30. The number of hydroxylamine groups is 1. The van der Waals surface area contributed by atoms with Gasteiger partial charge in [0.05, 0.1) is 11.8 Å². The van der Waals surface area contributed by atoms with E-state index in [0.29, 0.717) is 6.10 Å². The number of nitrogens with zero attached hydrogens (tertiary/aromatic N) is 1. The highest BCUT2D eigenvalue weighted by molar-refractivity contribution is 5.55. The molecule has 1 aliphatic carbocycles. The highest BCUT2D eigenvalue weighted by Crippen LogP contribution is 2.31. The second-order valence-electron chi connectivity index (χ2n) is 4.14. The van der Waals surface area contributed by atoms with Crippen molar-refractivity contribution in [2.75, 3.05) is 11.6 Å². The van der Waals surface area contributed by atoms with Crippen molar-refractivity contribution in [1.82, 2.24) is 0 Å². The molecule has 0 amide bonds. The van der Waals surface area contributed by atoms with E-state index in [4.69, 9.17) is 4.84 Å². The summed E-state index contributed by atoms with van der Waals surface area (Å²) in [5.41, 5.74) is 2.70. The molecule has 2 aliphatic rings. The first-order chi connectivity index (χ1) is 6.93. The highest BCUT2D eigenvalue weighted by atomic mass is 16.7. The zero-order chi connectivity index (χ0) is 9.38. The van der Waals surface area contributed by atoms with Crippen LogP contribution in [-0.4, -0.2) is 12.6 Å². The first-order valence-electron chi connectivity index (χ1n) is 5.46. The minimum atomic E-state index is 0.487. The van der Waals surface area contributed by atoms with Crippen molar-refractivity contribution in [1.29, 1.82) is 0 Å². The lowest BCUT2D eigenvalue weighted by Crippen LogP contribution is -2.32. The Kier molecular flexibility index (Phi) is 1.95. The van der Waals surface area contributed by atoms with Gasteiger partial charge in [-0.3, -0.25) is 9.90 Å². The summed E-state index contributed by atoms with van der Waals surface area (Å²) in [7, 11) is 0. The second kappa shape index (κ2) is 3.28. The molecule has 1 aromatic rings. The number of anilines is 1. The van der Waals surface area contributed by atoms with Crippen molar-refractivity contribution >= 4 is 5.69 Å². The summed E-state index contributed by atoms with van der Waals surface area (Å²) in [5.74, 6) is 0. The molecule has 0 aromatic heterocycles. The van der Waals surface area contributed by atoms with E-state index >= 15 is 0 Å². The summed E-state index contributed by atoms with van der Waals surface area (Å²) < 4.78 is 0. The Bertz CT molecular complexity index is 333. The van der Waals surface area contributed by atoms with Gasteiger partial charge in [-0.25, -0.2) is 0 Å². The van der Waals surface area contributed by atoms with E-state index in [1.165, 1.54) is 30.5 Å². The van der Waals surface area contributed by atoms with Gasteiger partial charge in [0.15, 0.2) is 0 Å². The van der Waals surface area contributed by atoms with Crippen LogP contribution in [0.5, 0.6) is 0 Å². The summed E-state index contributed by atoms with van der Waals surface area (Å²) in [6.07, 6.45) is 5.42. The molecule has 1 saturated carbocycles. The minimum absolute atomic E-state index is 0.487. The molecular weight excluding hydrogens is 174 g/mol. The fraction of sp³-hybridized carbons (Fsp3) is 0.500. The molecule has 0 unspecified atom stereocenters. The van der Waals surface area contributed by atoms with Gasteiger partial charge >= 0.3 is 0 Å². The molecule has 74 valence electrons. The largest absolute Gasteiger partial charge is 0.270 e. The van der Waals surface area contributed by atoms with Crippen LogP contribution >= 0.6 is 0 Å². The molecule has 3 rings (SSSR count). The summed E-state index contributed by atoms with van der Waals surface area (Å²) in [6, 6.07) is 8.54. The molecule has 1 fully saturated rings. The van der Waals surface area contributed by atoms with E-state index in [0.717, 1.165) is 13.0 Å².